The Morgan fingerprint density at radius 3 is 2.81 bits per heavy atom. The van der Waals surface area contributed by atoms with Crippen molar-refractivity contribution >= 4 is 5.69 Å². The second-order valence-corrected chi connectivity index (χ2v) is 5.91. The lowest BCUT2D eigenvalue weighted by atomic mass is 9.85. The average molecular weight is 221 g/mol. The van der Waals surface area contributed by atoms with E-state index in [-0.39, 0.29) is 5.82 Å². The minimum atomic E-state index is -0.122. The highest BCUT2D eigenvalue weighted by molar-refractivity contribution is 5.57. The van der Waals surface area contributed by atoms with Crippen LogP contribution in [-0.4, -0.2) is 6.54 Å². The number of anilines is 1. The molecule has 1 nitrogen and oxygen atoms in total. The van der Waals surface area contributed by atoms with Crippen molar-refractivity contribution in [3.8, 4) is 0 Å². The maximum Gasteiger partial charge on any atom is 0.123 e. The van der Waals surface area contributed by atoms with Crippen molar-refractivity contribution in [2.24, 2.45) is 5.41 Å². The molecule has 0 aliphatic carbocycles. The van der Waals surface area contributed by atoms with Crippen LogP contribution in [0.3, 0.4) is 0 Å². The molecule has 1 atom stereocenters. The first-order valence-corrected chi connectivity index (χ1v) is 5.99. The molecule has 88 valence electrons. The lowest BCUT2D eigenvalue weighted by molar-refractivity contribution is 0.352. The van der Waals surface area contributed by atoms with E-state index < -0.39 is 0 Å². The third-order valence-electron chi connectivity index (χ3n) is 3.24. The zero-order valence-electron chi connectivity index (χ0n) is 10.3. The summed E-state index contributed by atoms with van der Waals surface area (Å²) in [5, 5.41) is 3.35. The number of hydrogen-bond donors (Lipinski definition) is 1. The van der Waals surface area contributed by atoms with Gasteiger partial charge in [0, 0.05) is 18.2 Å². The summed E-state index contributed by atoms with van der Waals surface area (Å²) in [4.78, 5) is 0. The highest BCUT2D eigenvalue weighted by Crippen LogP contribution is 2.37. The summed E-state index contributed by atoms with van der Waals surface area (Å²) >= 11 is 0. The molecule has 0 amide bonds. The van der Waals surface area contributed by atoms with E-state index in [1.807, 2.05) is 6.07 Å². The molecule has 1 unspecified atom stereocenters. The maximum atomic E-state index is 13.2. The molecule has 0 bridgehead atoms. The van der Waals surface area contributed by atoms with Gasteiger partial charge in [0.1, 0.15) is 5.82 Å². The molecule has 1 heterocycles. The number of hydrogen-bond acceptors (Lipinski definition) is 1. The molecule has 0 radical (unpaired) electrons. The van der Waals surface area contributed by atoms with Gasteiger partial charge >= 0.3 is 0 Å². The lowest BCUT2D eigenvalue weighted by Gasteiger charge is -2.20. The molecule has 16 heavy (non-hydrogen) atoms. The summed E-state index contributed by atoms with van der Waals surface area (Å²) < 4.78 is 13.2. The zero-order chi connectivity index (χ0) is 11.8. The van der Waals surface area contributed by atoms with Crippen LogP contribution >= 0.6 is 0 Å². The van der Waals surface area contributed by atoms with Gasteiger partial charge in [-0.2, -0.15) is 0 Å². The fourth-order valence-corrected chi connectivity index (χ4v) is 2.24. The van der Waals surface area contributed by atoms with E-state index in [2.05, 4.69) is 26.1 Å². The number of rotatable bonds is 2. The van der Waals surface area contributed by atoms with Crippen LogP contribution in [0, 0.1) is 11.2 Å². The standard InChI is InChI=1S/C14H20FN/c1-14(2,3)7-6-10-9-16-13-5-4-11(15)8-12(10)13/h4-5,8,10,16H,6-7,9H2,1-3H3. The van der Waals surface area contributed by atoms with Crippen molar-refractivity contribution in [3.63, 3.8) is 0 Å². The van der Waals surface area contributed by atoms with Crippen molar-refractivity contribution in [2.75, 3.05) is 11.9 Å². The van der Waals surface area contributed by atoms with Crippen LogP contribution in [-0.2, 0) is 0 Å². The largest absolute Gasteiger partial charge is 0.384 e. The fraction of sp³-hybridized carbons (Fsp3) is 0.571. The molecular weight excluding hydrogens is 201 g/mol. The SMILES string of the molecule is CC(C)(C)CCC1CNc2ccc(F)cc21. The summed E-state index contributed by atoms with van der Waals surface area (Å²) in [5.41, 5.74) is 2.63. The monoisotopic (exact) mass is 221 g/mol. The van der Waals surface area contributed by atoms with E-state index in [0.29, 0.717) is 11.3 Å². The number of benzene rings is 1. The summed E-state index contributed by atoms with van der Waals surface area (Å²) in [6, 6.07) is 5.06. The van der Waals surface area contributed by atoms with Gasteiger partial charge in [0.05, 0.1) is 0 Å². The molecule has 1 aromatic rings. The van der Waals surface area contributed by atoms with Gasteiger partial charge in [-0.15, -0.1) is 0 Å². The summed E-state index contributed by atoms with van der Waals surface area (Å²) in [7, 11) is 0. The summed E-state index contributed by atoms with van der Waals surface area (Å²) in [5.74, 6) is 0.355. The van der Waals surface area contributed by atoms with Gasteiger partial charge in [-0.1, -0.05) is 20.8 Å². The van der Waals surface area contributed by atoms with Crippen LogP contribution in [0.2, 0.25) is 0 Å². The Labute approximate surface area is 97.1 Å². The van der Waals surface area contributed by atoms with Crippen molar-refractivity contribution in [2.45, 2.75) is 39.5 Å². The Hall–Kier alpha value is -1.05. The third-order valence-corrected chi connectivity index (χ3v) is 3.24. The van der Waals surface area contributed by atoms with Gasteiger partial charge in [0.2, 0.25) is 0 Å². The normalized spacial score (nSPS) is 19.4. The minimum absolute atomic E-state index is 0.122. The molecule has 0 aromatic heterocycles. The van der Waals surface area contributed by atoms with Gasteiger partial charge in [0.25, 0.3) is 0 Å². The van der Waals surface area contributed by atoms with Crippen LogP contribution in [0.25, 0.3) is 0 Å². The number of fused-ring (bicyclic) bond motifs is 1. The van der Waals surface area contributed by atoms with Crippen molar-refractivity contribution < 1.29 is 4.39 Å². The molecule has 2 rings (SSSR count). The lowest BCUT2D eigenvalue weighted by Crippen LogP contribution is -2.09. The van der Waals surface area contributed by atoms with Crippen molar-refractivity contribution in [1.29, 1.82) is 0 Å². The maximum absolute atomic E-state index is 13.2. The first-order valence-electron chi connectivity index (χ1n) is 5.99. The fourth-order valence-electron chi connectivity index (χ4n) is 2.24. The van der Waals surface area contributed by atoms with Crippen LogP contribution in [0.5, 0.6) is 0 Å². The van der Waals surface area contributed by atoms with E-state index in [9.17, 15) is 4.39 Å². The topological polar surface area (TPSA) is 12.0 Å². The van der Waals surface area contributed by atoms with E-state index >= 15 is 0 Å². The van der Waals surface area contributed by atoms with Gasteiger partial charge in [-0.05, 0) is 42.0 Å². The molecule has 0 saturated heterocycles. The van der Waals surface area contributed by atoms with Crippen molar-refractivity contribution in [1.82, 2.24) is 0 Å². The van der Waals surface area contributed by atoms with Crippen LogP contribution in [0.1, 0.15) is 45.1 Å². The molecular formula is C14H20FN. The first kappa shape index (κ1) is 11.4. The van der Waals surface area contributed by atoms with Crippen LogP contribution in [0.15, 0.2) is 18.2 Å². The summed E-state index contributed by atoms with van der Waals surface area (Å²) in [6.45, 7) is 7.71. The highest BCUT2D eigenvalue weighted by Gasteiger charge is 2.24. The number of nitrogens with one attached hydrogen (secondary N) is 1. The van der Waals surface area contributed by atoms with Crippen molar-refractivity contribution in [3.05, 3.63) is 29.6 Å². The first-order chi connectivity index (χ1) is 7.46. The molecule has 1 aromatic carbocycles. The molecule has 0 saturated carbocycles. The molecule has 0 fully saturated rings. The molecule has 2 heteroatoms. The van der Waals surface area contributed by atoms with Crippen LogP contribution in [0.4, 0.5) is 10.1 Å². The average Bonchev–Trinajstić information content (AvgIpc) is 2.56. The molecule has 1 aliphatic rings. The molecule has 1 aliphatic heterocycles. The molecule has 0 spiro atoms. The second kappa shape index (κ2) is 4.08. The number of halogens is 1. The Kier molecular flexibility index (Phi) is 2.92. The Bertz CT molecular complexity index is 379. The van der Waals surface area contributed by atoms with Gasteiger partial charge < -0.3 is 5.32 Å². The quantitative estimate of drug-likeness (QED) is 0.790. The Balaban J connectivity index is 2.08. The van der Waals surface area contributed by atoms with E-state index in [0.717, 1.165) is 24.2 Å². The molecule has 1 N–H and O–H groups in total. The van der Waals surface area contributed by atoms with Gasteiger partial charge in [-0.3, -0.25) is 0 Å². The predicted octanol–water partition coefficient (Wildman–Crippen LogP) is 4.16. The smallest absolute Gasteiger partial charge is 0.123 e. The van der Waals surface area contributed by atoms with Gasteiger partial charge in [0.15, 0.2) is 0 Å². The van der Waals surface area contributed by atoms with E-state index in [1.54, 1.807) is 6.07 Å². The zero-order valence-corrected chi connectivity index (χ0v) is 10.3. The van der Waals surface area contributed by atoms with E-state index in [4.69, 9.17) is 0 Å². The Morgan fingerprint density at radius 2 is 2.12 bits per heavy atom. The van der Waals surface area contributed by atoms with Gasteiger partial charge in [-0.25, -0.2) is 4.39 Å². The predicted molar refractivity (Wildman–Crippen MR) is 66.3 cm³/mol. The van der Waals surface area contributed by atoms with Crippen LogP contribution < -0.4 is 5.32 Å². The minimum Gasteiger partial charge on any atom is -0.384 e. The second-order valence-electron chi connectivity index (χ2n) is 5.91. The summed E-state index contributed by atoms with van der Waals surface area (Å²) in [6.07, 6.45) is 2.31. The third kappa shape index (κ3) is 2.55. The Morgan fingerprint density at radius 1 is 1.38 bits per heavy atom. The highest BCUT2D eigenvalue weighted by atomic mass is 19.1. The van der Waals surface area contributed by atoms with E-state index in [1.165, 1.54) is 12.5 Å².